The maximum Gasteiger partial charge on any atom is 0.229 e. The highest BCUT2D eigenvalue weighted by molar-refractivity contribution is 5.89. The number of benzene rings is 2. The average Bonchev–Trinajstić information content (AvgIpc) is 2.77. The summed E-state index contributed by atoms with van der Waals surface area (Å²) in [4.78, 5) is 23.7. The number of aliphatic hydroxyl groups excluding tert-OH is 3. The SMILES string of the molecule is O=C([O-])[C@H]1O[C@@H](Oc2cc3oc(-c4ccc(O)cc4)cc(=O)c3c(O)c2O)[C@H](O)[C@@H](O)[C@@H]1O. The van der Waals surface area contributed by atoms with Gasteiger partial charge >= 0.3 is 0 Å². The van der Waals surface area contributed by atoms with Gasteiger partial charge in [-0.25, -0.2) is 0 Å². The zero-order valence-electron chi connectivity index (χ0n) is 16.5. The van der Waals surface area contributed by atoms with Crippen molar-refractivity contribution in [2.45, 2.75) is 30.7 Å². The van der Waals surface area contributed by atoms with E-state index in [1.54, 1.807) is 0 Å². The van der Waals surface area contributed by atoms with E-state index in [1.807, 2.05) is 0 Å². The number of aliphatic carboxylic acids is 1. The topological polar surface area (TPSA) is 210 Å². The summed E-state index contributed by atoms with van der Waals surface area (Å²) in [6.07, 6.45) is -9.95. The predicted molar refractivity (Wildman–Crippen MR) is 105 cm³/mol. The molecule has 1 aliphatic rings. The second kappa shape index (κ2) is 8.26. The minimum atomic E-state index is -2.07. The molecule has 33 heavy (non-hydrogen) atoms. The van der Waals surface area contributed by atoms with Crippen LogP contribution in [0.4, 0.5) is 0 Å². The Labute approximate surface area is 183 Å². The number of carboxylic acids is 1. The number of carbonyl (C=O) groups is 1. The summed E-state index contributed by atoms with van der Waals surface area (Å²) < 4.78 is 15.8. The third-order valence-electron chi connectivity index (χ3n) is 5.13. The molecular weight excluding hydrogens is 444 g/mol. The monoisotopic (exact) mass is 461 g/mol. The van der Waals surface area contributed by atoms with Crippen molar-refractivity contribution in [1.82, 2.24) is 0 Å². The van der Waals surface area contributed by atoms with E-state index in [4.69, 9.17) is 13.9 Å². The lowest BCUT2D eigenvalue weighted by molar-refractivity contribution is -0.342. The molecule has 5 atom stereocenters. The first-order chi connectivity index (χ1) is 15.6. The molecule has 1 aliphatic heterocycles. The van der Waals surface area contributed by atoms with Crippen molar-refractivity contribution in [2.75, 3.05) is 0 Å². The van der Waals surface area contributed by atoms with Crippen molar-refractivity contribution in [2.24, 2.45) is 0 Å². The normalized spacial score (nSPS) is 25.1. The van der Waals surface area contributed by atoms with E-state index in [0.717, 1.165) is 12.1 Å². The second-order valence-corrected chi connectivity index (χ2v) is 7.30. The van der Waals surface area contributed by atoms with E-state index in [9.17, 15) is 45.3 Å². The van der Waals surface area contributed by atoms with Gasteiger partial charge in [-0.15, -0.1) is 0 Å². The minimum Gasteiger partial charge on any atom is -0.547 e. The molecule has 1 fully saturated rings. The number of phenolic OH excluding ortho intramolecular Hbond substituents is 3. The Kier molecular flexibility index (Phi) is 5.59. The van der Waals surface area contributed by atoms with Crippen LogP contribution in [0.1, 0.15) is 0 Å². The zero-order chi connectivity index (χ0) is 24.0. The number of aliphatic hydroxyl groups is 3. The van der Waals surface area contributed by atoms with E-state index >= 15 is 0 Å². The van der Waals surface area contributed by atoms with Gasteiger partial charge in [-0.2, -0.15) is 0 Å². The molecular formula is C21H17O12-. The fraction of sp³-hybridized carbons (Fsp3) is 0.238. The Balaban J connectivity index is 1.76. The van der Waals surface area contributed by atoms with Crippen molar-refractivity contribution in [3.05, 3.63) is 46.6 Å². The molecule has 0 saturated carbocycles. The molecule has 6 N–H and O–H groups in total. The van der Waals surface area contributed by atoms with Crippen LogP contribution in [0.15, 0.2) is 45.6 Å². The molecule has 1 aromatic heterocycles. The summed E-state index contributed by atoms with van der Waals surface area (Å²) in [5.74, 6) is -4.32. The third kappa shape index (κ3) is 3.91. The number of carbonyl (C=O) groups excluding carboxylic acids is 1. The van der Waals surface area contributed by atoms with Gasteiger partial charge in [0.1, 0.15) is 46.9 Å². The number of hydrogen-bond donors (Lipinski definition) is 6. The molecule has 0 spiro atoms. The highest BCUT2D eigenvalue weighted by Crippen LogP contribution is 2.42. The Bertz CT molecular complexity index is 1260. The van der Waals surface area contributed by atoms with Crippen molar-refractivity contribution >= 4 is 16.9 Å². The van der Waals surface area contributed by atoms with Crippen molar-refractivity contribution in [3.63, 3.8) is 0 Å². The minimum absolute atomic E-state index is 0.0200. The maximum atomic E-state index is 12.5. The highest BCUT2D eigenvalue weighted by atomic mass is 16.7. The van der Waals surface area contributed by atoms with E-state index in [2.05, 4.69) is 0 Å². The molecule has 2 aromatic carbocycles. The van der Waals surface area contributed by atoms with E-state index < -0.39 is 64.7 Å². The molecule has 0 unspecified atom stereocenters. The molecule has 2 heterocycles. The van der Waals surface area contributed by atoms with Crippen molar-refractivity contribution < 1.29 is 54.4 Å². The molecule has 12 nitrogen and oxygen atoms in total. The van der Waals surface area contributed by atoms with Gasteiger partial charge in [-0.3, -0.25) is 4.79 Å². The smallest absolute Gasteiger partial charge is 0.229 e. The summed E-state index contributed by atoms with van der Waals surface area (Å²) in [6.45, 7) is 0. The Morgan fingerprint density at radius 2 is 1.61 bits per heavy atom. The number of ether oxygens (including phenoxy) is 2. The van der Waals surface area contributed by atoms with Crippen LogP contribution >= 0.6 is 0 Å². The van der Waals surface area contributed by atoms with Crippen LogP contribution in [0.2, 0.25) is 0 Å². The third-order valence-corrected chi connectivity index (χ3v) is 5.13. The summed E-state index contributed by atoms with van der Waals surface area (Å²) >= 11 is 0. The van der Waals surface area contributed by atoms with Gasteiger partial charge in [0.05, 0.1) is 5.97 Å². The van der Waals surface area contributed by atoms with E-state index in [1.165, 1.54) is 24.3 Å². The van der Waals surface area contributed by atoms with Gasteiger partial charge < -0.3 is 54.4 Å². The molecule has 174 valence electrons. The maximum absolute atomic E-state index is 12.5. The lowest BCUT2D eigenvalue weighted by atomic mass is 9.99. The van der Waals surface area contributed by atoms with Gasteiger partial charge in [-0.1, -0.05) is 0 Å². The van der Waals surface area contributed by atoms with Gasteiger partial charge in [0.2, 0.25) is 12.0 Å². The van der Waals surface area contributed by atoms with Gasteiger partial charge in [0.25, 0.3) is 0 Å². The van der Waals surface area contributed by atoms with Crippen LogP contribution in [0.25, 0.3) is 22.3 Å². The summed E-state index contributed by atoms with van der Waals surface area (Å²) in [5.41, 5.74) is -0.567. The molecule has 0 amide bonds. The number of rotatable bonds is 4. The van der Waals surface area contributed by atoms with Crippen LogP contribution in [-0.4, -0.2) is 67.3 Å². The van der Waals surface area contributed by atoms with E-state index in [-0.39, 0.29) is 17.1 Å². The zero-order valence-corrected chi connectivity index (χ0v) is 16.5. The first-order valence-corrected chi connectivity index (χ1v) is 9.48. The first kappa shape index (κ1) is 22.4. The summed E-state index contributed by atoms with van der Waals surface area (Å²) in [5, 5.41) is 70.5. The van der Waals surface area contributed by atoms with Crippen molar-refractivity contribution in [1.29, 1.82) is 0 Å². The molecule has 3 aromatic rings. The lowest BCUT2D eigenvalue weighted by Crippen LogP contribution is -2.63. The van der Waals surface area contributed by atoms with Crippen LogP contribution in [0.3, 0.4) is 0 Å². The molecule has 4 rings (SSSR count). The number of hydrogen-bond acceptors (Lipinski definition) is 12. The van der Waals surface area contributed by atoms with Crippen molar-refractivity contribution in [3.8, 4) is 34.3 Å². The predicted octanol–water partition coefficient (Wildman–Crippen LogP) is -1.49. The average molecular weight is 461 g/mol. The molecule has 0 bridgehead atoms. The fourth-order valence-corrected chi connectivity index (χ4v) is 3.39. The second-order valence-electron chi connectivity index (χ2n) is 7.30. The molecule has 0 radical (unpaired) electrons. The van der Waals surface area contributed by atoms with Crippen LogP contribution < -0.4 is 15.3 Å². The quantitative estimate of drug-likeness (QED) is 0.246. The number of aromatic hydroxyl groups is 3. The Morgan fingerprint density at radius 3 is 2.24 bits per heavy atom. The fourth-order valence-electron chi connectivity index (χ4n) is 3.39. The Morgan fingerprint density at radius 1 is 0.939 bits per heavy atom. The molecule has 1 saturated heterocycles. The molecule has 12 heteroatoms. The Hall–Kier alpha value is -3.84. The van der Waals surface area contributed by atoms with Crippen LogP contribution in [0, 0.1) is 0 Å². The number of fused-ring (bicyclic) bond motifs is 1. The first-order valence-electron chi connectivity index (χ1n) is 9.48. The number of carboxylic acid groups (broad SMARTS) is 1. The lowest BCUT2D eigenvalue weighted by Gasteiger charge is -2.40. The highest BCUT2D eigenvalue weighted by Gasteiger charge is 2.46. The van der Waals surface area contributed by atoms with Crippen LogP contribution in [0.5, 0.6) is 23.0 Å². The van der Waals surface area contributed by atoms with E-state index in [0.29, 0.717) is 5.56 Å². The van der Waals surface area contributed by atoms with Gasteiger partial charge in [-0.05, 0) is 24.3 Å². The largest absolute Gasteiger partial charge is 0.547 e. The summed E-state index contributed by atoms with van der Waals surface area (Å²) in [7, 11) is 0. The van der Waals surface area contributed by atoms with Crippen LogP contribution in [-0.2, 0) is 9.53 Å². The summed E-state index contributed by atoms with van der Waals surface area (Å²) in [6, 6.07) is 7.70. The van der Waals surface area contributed by atoms with Gasteiger partial charge in [0, 0.05) is 17.7 Å². The standard InChI is InChI=1S/C21H18O12/c22-8-3-1-7(2-4-8)10-5-9(23)13-11(31-10)6-12(14(24)15(13)25)32-21-18(28)16(26)17(27)19(33-21)20(29)30/h1-6,16-19,21-22,24-28H,(H,29,30)/p-1/t16-,17-,18+,19-,21+/m0/s1. The number of phenols is 3. The molecule has 0 aliphatic carbocycles. The van der Waals surface area contributed by atoms with Gasteiger partial charge in [0.15, 0.2) is 16.9 Å².